The molecule has 24 heavy (non-hydrogen) atoms. The second kappa shape index (κ2) is 8.11. The highest BCUT2D eigenvalue weighted by atomic mass is 32.2. The van der Waals surface area contributed by atoms with E-state index >= 15 is 0 Å². The quantitative estimate of drug-likeness (QED) is 0.668. The summed E-state index contributed by atoms with van der Waals surface area (Å²) < 4.78 is 11.5. The Hall–Kier alpha value is -2.13. The van der Waals surface area contributed by atoms with Gasteiger partial charge in [0.15, 0.2) is 11.5 Å². The van der Waals surface area contributed by atoms with E-state index in [1.54, 1.807) is 18.9 Å². The third-order valence-electron chi connectivity index (χ3n) is 3.90. The predicted molar refractivity (Wildman–Crippen MR) is 100 cm³/mol. The summed E-state index contributed by atoms with van der Waals surface area (Å²) in [6.07, 6.45) is 7.71. The highest BCUT2D eigenvalue weighted by Crippen LogP contribution is 2.35. The highest BCUT2D eigenvalue weighted by molar-refractivity contribution is 7.99. The Labute approximate surface area is 148 Å². The minimum absolute atomic E-state index is 0.574. The van der Waals surface area contributed by atoms with Gasteiger partial charge in [-0.25, -0.2) is 0 Å². The Balaban J connectivity index is 1.67. The molecule has 0 spiro atoms. The Morgan fingerprint density at radius 3 is 2.58 bits per heavy atom. The van der Waals surface area contributed by atoms with Crippen LogP contribution in [0.15, 0.2) is 82.1 Å². The van der Waals surface area contributed by atoms with Gasteiger partial charge in [0.2, 0.25) is 0 Å². The van der Waals surface area contributed by atoms with Gasteiger partial charge in [0, 0.05) is 9.79 Å². The minimum Gasteiger partial charge on any atom is -0.493 e. The van der Waals surface area contributed by atoms with Crippen molar-refractivity contribution in [2.24, 2.45) is 5.92 Å². The van der Waals surface area contributed by atoms with Crippen LogP contribution >= 0.6 is 11.8 Å². The van der Waals surface area contributed by atoms with E-state index in [2.05, 4.69) is 43.4 Å². The molecule has 0 radical (unpaired) electrons. The zero-order valence-electron chi connectivity index (χ0n) is 14.1. The number of ether oxygens (including phenoxy) is 2. The van der Waals surface area contributed by atoms with Gasteiger partial charge in [0.05, 0.1) is 7.11 Å². The van der Waals surface area contributed by atoms with Crippen molar-refractivity contribution in [3.05, 3.63) is 72.3 Å². The summed E-state index contributed by atoms with van der Waals surface area (Å²) in [5.74, 6) is 2.17. The van der Waals surface area contributed by atoms with Crippen LogP contribution < -0.4 is 9.47 Å². The van der Waals surface area contributed by atoms with Crippen LogP contribution in [0.3, 0.4) is 0 Å². The number of methoxy groups -OCH3 is 1. The van der Waals surface area contributed by atoms with Crippen LogP contribution in [0.2, 0.25) is 0 Å². The van der Waals surface area contributed by atoms with E-state index in [0.29, 0.717) is 12.5 Å². The van der Waals surface area contributed by atoms with Gasteiger partial charge in [-0.05, 0) is 48.2 Å². The van der Waals surface area contributed by atoms with Crippen molar-refractivity contribution in [3.63, 3.8) is 0 Å². The zero-order chi connectivity index (χ0) is 16.8. The molecular formula is C21H22O2S. The molecule has 3 heteroatoms. The SMILES string of the molecule is COc1cc(Sc2ccccc2)ccc1OCC1=CCC(C)C=C1. The van der Waals surface area contributed by atoms with E-state index in [1.165, 1.54) is 10.5 Å². The van der Waals surface area contributed by atoms with E-state index in [4.69, 9.17) is 9.47 Å². The number of hydrogen-bond donors (Lipinski definition) is 0. The van der Waals surface area contributed by atoms with Crippen molar-refractivity contribution in [1.82, 2.24) is 0 Å². The maximum Gasteiger partial charge on any atom is 0.161 e. The summed E-state index contributed by atoms with van der Waals surface area (Å²) >= 11 is 1.71. The molecule has 2 aromatic carbocycles. The molecule has 2 nitrogen and oxygen atoms in total. The molecule has 0 aromatic heterocycles. The van der Waals surface area contributed by atoms with Crippen molar-refractivity contribution in [3.8, 4) is 11.5 Å². The van der Waals surface area contributed by atoms with Crippen LogP contribution in [-0.2, 0) is 0 Å². The van der Waals surface area contributed by atoms with E-state index in [9.17, 15) is 0 Å². The second-order valence-corrected chi connectivity index (χ2v) is 7.01. The van der Waals surface area contributed by atoms with Crippen molar-refractivity contribution in [1.29, 1.82) is 0 Å². The molecule has 1 aliphatic rings. The molecule has 0 saturated heterocycles. The fraction of sp³-hybridized carbons (Fsp3) is 0.238. The first-order valence-electron chi connectivity index (χ1n) is 8.15. The monoisotopic (exact) mass is 338 g/mol. The Kier molecular flexibility index (Phi) is 5.65. The van der Waals surface area contributed by atoms with Gasteiger partial charge in [0.25, 0.3) is 0 Å². The molecule has 1 atom stereocenters. The number of rotatable bonds is 6. The van der Waals surface area contributed by atoms with E-state index in [0.717, 1.165) is 22.8 Å². The normalized spacial score (nSPS) is 16.6. The lowest BCUT2D eigenvalue weighted by atomic mass is 9.99. The lowest BCUT2D eigenvalue weighted by Crippen LogP contribution is -2.04. The zero-order valence-corrected chi connectivity index (χ0v) is 14.9. The molecule has 1 unspecified atom stereocenters. The first-order valence-corrected chi connectivity index (χ1v) is 8.97. The fourth-order valence-corrected chi connectivity index (χ4v) is 3.36. The lowest BCUT2D eigenvalue weighted by molar-refractivity contribution is 0.320. The van der Waals surface area contributed by atoms with E-state index < -0.39 is 0 Å². The van der Waals surface area contributed by atoms with Crippen LogP contribution in [0.25, 0.3) is 0 Å². The van der Waals surface area contributed by atoms with E-state index in [1.807, 2.05) is 30.3 Å². The van der Waals surface area contributed by atoms with Crippen molar-refractivity contribution in [2.75, 3.05) is 13.7 Å². The Morgan fingerprint density at radius 2 is 1.88 bits per heavy atom. The highest BCUT2D eigenvalue weighted by Gasteiger charge is 2.09. The van der Waals surface area contributed by atoms with Crippen LogP contribution in [0, 0.1) is 5.92 Å². The van der Waals surface area contributed by atoms with Crippen molar-refractivity contribution >= 4 is 11.8 Å². The van der Waals surface area contributed by atoms with Gasteiger partial charge in [-0.2, -0.15) is 0 Å². The molecule has 124 valence electrons. The maximum atomic E-state index is 5.95. The predicted octanol–water partition coefficient (Wildman–Crippen LogP) is 5.75. The fourth-order valence-electron chi connectivity index (χ4n) is 2.50. The van der Waals surface area contributed by atoms with Gasteiger partial charge in [0.1, 0.15) is 6.61 Å². The largest absolute Gasteiger partial charge is 0.493 e. The van der Waals surface area contributed by atoms with Crippen LogP contribution in [0.1, 0.15) is 13.3 Å². The molecule has 0 aliphatic heterocycles. The van der Waals surface area contributed by atoms with Crippen molar-refractivity contribution in [2.45, 2.75) is 23.1 Å². The third kappa shape index (κ3) is 4.45. The summed E-state index contributed by atoms with van der Waals surface area (Å²) in [6.45, 7) is 2.79. The molecule has 0 bridgehead atoms. The molecule has 0 N–H and O–H groups in total. The van der Waals surface area contributed by atoms with Crippen LogP contribution in [-0.4, -0.2) is 13.7 Å². The Bertz CT molecular complexity index is 735. The number of hydrogen-bond acceptors (Lipinski definition) is 3. The van der Waals surface area contributed by atoms with Crippen molar-refractivity contribution < 1.29 is 9.47 Å². The topological polar surface area (TPSA) is 18.5 Å². The molecule has 2 aromatic rings. The van der Waals surface area contributed by atoms with Gasteiger partial charge in [-0.15, -0.1) is 0 Å². The summed E-state index contributed by atoms with van der Waals surface area (Å²) in [5.41, 5.74) is 1.22. The minimum atomic E-state index is 0.574. The summed E-state index contributed by atoms with van der Waals surface area (Å²) in [4.78, 5) is 2.34. The van der Waals surface area contributed by atoms with E-state index in [-0.39, 0.29) is 0 Å². The average Bonchev–Trinajstić information content (AvgIpc) is 2.62. The number of benzene rings is 2. The molecule has 0 fully saturated rings. The molecule has 3 rings (SSSR count). The third-order valence-corrected chi connectivity index (χ3v) is 4.90. The molecule has 0 heterocycles. The standard InChI is InChI=1S/C21H22O2S/c1-16-8-10-17(11-9-16)15-23-20-13-12-19(14-21(20)22-2)24-18-6-4-3-5-7-18/h3-8,10-14,16H,9,15H2,1-2H3. The van der Waals surface area contributed by atoms with Gasteiger partial charge in [-0.3, -0.25) is 0 Å². The average molecular weight is 338 g/mol. The van der Waals surface area contributed by atoms with Crippen LogP contribution in [0.4, 0.5) is 0 Å². The lowest BCUT2D eigenvalue weighted by Gasteiger charge is -2.15. The number of allylic oxidation sites excluding steroid dienone is 2. The molecule has 0 saturated carbocycles. The summed E-state index contributed by atoms with van der Waals surface area (Å²) in [5, 5.41) is 0. The molecule has 0 amide bonds. The van der Waals surface area contributed by atoms with Crippen LogP contribution in [0.5, 0.6) is 11.5 Å². The Morgan fingerprint density at radius 1 is 1.04 bits per heavy atom. The molecular weight excluding hydrogens is 316 g/mol. The first kappa shape index (κ1) is 16.7. The summed E-state index contributed by atoms with van der Waals surface area (Å²) in [7, 11) is 1.68. The summed E-state index contributed by atoms with van der Waals surface area (Å²) in [6, 6.07) is 16.4. The smallest absolute Gasteiger partial charge is 0.161 e. The second-order valence-electron chi connectivity index (χ2n) is 5.87. The first-order chi connectivity index (χ1) is 11.7. The van der Waals surface area contributed by atoms with Gasteiger partial charge < -0.3 is 9.47 Å². The van der Waals surface area contributed by atoms with Gasteiger partial charge in [-0.1, -0.05) is 55.1 Å². The van der Waals surface area contributed by atoms with Gasteiger partial charge >= 0.3 is 0 Å². The molecule has 1 aliphatic carbocycles. The maximum absolute atomic E-state index is 5.95.